The van der Waals surface area contributed by atoms with Crippen LogP contribution in [0.1, 0.15) is 74.2 Å². The maximum atomic E-state index is 13.5. The smallest absolute Gasteiger partial charge is 0.254 e. The van der Waals surface area contributed by atoms with Gasteiger partial charge in [-0.2, -0.15) is 0 Å². The van der Waals surface area contributed by atoms with Gasteiger partial charge in [-0.1, -0.05) is 51.3 Å². The monoisotopic (exact) mass is 386 g/mol. The summed E-state index contributed by atoms with van der Waals surface area (Å²) in [6.07, 6.45) is 5.90. The number of rotatable bonds is 7. The van der Waals surface area contributed by atoms with Crippen LogP contribution in [-0.2, 0) is 9.53 Å². The molecule has 0 bridgehead atoms. The lowest BCUT2D eigenvalue weighted by molar-refractivity contribution is -0.127. The van der Waals surface area contributed by atoms with E-state index in [2.05, 4.69) is 24.1 Å². The third kappa shape index (κ3) is 3.95. The molecule has 1 N–H and O–H groups in total. The zero-order valence-corrected chi connectivity index (χ0v) is 17.5. The molecular weight excluding hydrogens is 352 g/mol. The van der Waals surface area contributed by atoms with E-state index in [0.717, 1.165) is 37.7 Å². The molecule has 2 aliphatic rings. The first-order valence-corrected chi connectivity index (χ1v) is 10.7. The molecule has 0 saturated heterocycles. The van der Waals surface area contributed by atoms with E-state index in [9.17, 15) is 9.59 Å². The molecule has 0 aromatic heterocycles. The molecule has 1 aliphatic carbocycles. The maximum absolute atomic E-state index is 13.5. The molecule has 1 heterocycles. The lowest BCUT2D eigenvalue weighted by atomic mass is 9.65. The van der Waals surface area contributed by atoms with E-state index in [4.69, 9.17) is 4.74 Å². The summed E-state index contributed by atoms with van der Waals surface area (Å²) in [6.45, 7) is 6.21. The molecule has 1 spiro atoms. The first-order valence-electron chi connectivity index (χ1n) is 10.7. The van der Waals surface area contributed by atoms with Crippen LogP contribution in [-0.4, -0.2) is 49.1 Å². The van der Waals surface area contributed by atoms with Crippen molar-refractivity contribution in [3.63, 3.8) is 0 Å². The predicted octanol–water partition coefficient (Wildman–Crippen LogP) is 3.74. The lowest BCUT2D eigenvalue weighted by Gasteiger charge is -2.54. The van der Waals surface area contributed by atoms with Gasteiger partial charge in [0.25, 0.3) is 5.91 Å². The Bertz CT molecular complexity index is 695. The molecule has 154 valence electrons. The molecule has 28 heavy (non-hydrogen) atoms. The van der Waals surface area contributed by atoms with Crippen molar-refractivity contribution in [3.05, 3.63) is 35.4 Å². The second kappa shape index (κ2) is 9.08. The summed E-state index contributed by atoms with van der Waals surface area (Å²) < 4.78 is 5.11. The van der Waals surface area contributed by atoms with E-state index in [1.165, 1.54) is 6.42 Å². The van der Waals surface area contributed by atoms with E-state index in [1.54, 1.807) is 7.11 Å². The minimum Gasteiger partial charge on any atom is -0.385 e. The van der Waals surface area contributed by atoms with Crippen molar-refractivity contribution in [2.45, 2.75) is 63.8 Å². The van der Waals surface area contributed by atoms with Crippen molar-refractivity contribution in [1.29, 1.82) is 0 Å². The number of carbonyl (C=O) groups excluding carboxylic acids is 2. The third-order valence-electron chi connectivity index (χ3n) is 6.18. The van der Waals surface area contributed by atoms with Crippen molar-refractivity contribution >= 4 is 11.8 Å². The second-order valence-corrected chi connectivity index (χ2v) is 8.63. The number of hydrogen-bond donors (Lipinski definition) is 1. The summed E-state index contributed by atoms with van der Waals surface area (Å²) in [5.41, 5.74) is 1.19. The molecule has 1 saturated carbocycles. The number of carbonyl (C=O) groups is 2. The summed E-state index contributed by atoms with van der Waals surface area (Å²) in [7, 11) is 1.67. The van der Waals surface area contributed by atoms with Gasteiger partial charge < -0.3 is 15.0 Å². The summed E-state index contributed by atoms with van der Waals surface area (Å²) in [5.74, 6) is 0.197. The van der Waals surface area contributed by atoms with Gasteiger partial charge in [0.05, 0.1) is 11.5 Å². The molecule has 1 atom stereocenters. The second-order valence-electron chi connectivity index (χ2n) is 8.63. The zero-order valence-electron chi connectivity index (χ0n) is 17.5. The Morgan fingerprint density at radius 1 is 1.25 bits per heavy atom. The number of nitrogens with one attached hydrogen (secondary N) is 1. The fraction of sp³-hybridized carbons (Fsp3) is 0.652. The highest BCUT2D eigenvalue weighted by atomic mass is 16.5. The molecule has 3 rings (SSSR count). The summed E-state index contributed by atoms with van der Waals surface area (Å²) in [4.78, 5) is 29.0. The molecular formula is C23H34N2O3. The number of ether oxygens (including phenoxy) is 1. The Balaban J connectivity index is 2.02. The molecule has 1 aromatic rings. The summed E-state index contributed by atoms with van der Waals surface area (Å²) in [5, 5.41) is 3.13. The van der Waals surface area contributed by atoms with Crippen molar-refractivity contribution in [1.82, 2.24) is 10.2 Å². The maximum Gasteiger partial charge on any atom is 0.254 e. The Morgan fingerprint density at radius 2 is 1.96 bits per heavy atom. The van der Waals surface area contributed by atoms with Crippen molar-refractivity contribution in [2.75, 3.05) is 26.8 Å². The molecule has 5 heteroatoms. The van der Waals surface area contributed by atoms with E-state index < -0.39 is 5.54 Å². The predicted molar refractivity (Wildman–Crippen MR) is 110 cm³/mol. The average molecular weight is 387 g/mol. The fourth-order valence-electron chi connectivity index (χ4n) is 5.00. The van der Waals surface area contributed by atoms with E-state index >= 15 is 0 Å². The van der Waals surface area contributed by atoms with Crippen LogP contribution in [0, 0.1) is 5.92 Å². The highest BCUT2D eigenvalue weighted by Crippen LogP contribution is 2.49. The van der Waals surface area contributed by atoms with Crippen LogP contribution in [0.4, 0.5) is 0 Å². The topological polar surface area (TPSA) is 58.6 Å². The van der Waals surface area contributed by atoms with E-state index in [1.807, 2.05) is 24.3 Å². The highest BCUT2D eigenvalue weighted by Gasteiger charge is 2.54. The van der Waals surface area contributed by atoms with Gasteiger partial charge in [0.2, 0.25) is 5.91 Å². The molecule has 1 fully saturated rings. The van der Waals surface area contributed by atoms with Gasteiger partial charge in [0, 0.05) is 32.4 Å². The van der Waals surface area contributed by atoms with Gasteiger partial charge in [-0.15, -0.1) is 0 Å². The van der Waals surface area contributed by atoms with Crippen LogP contribution < -0.4 is 5.32 Å². The largest absolute Gasteiger partial charge is 0.385 e. The number of fused-ring (bicyclic) bond motifs is 1. The van der Waals surface area contributed by atoms with Crippen molar-refractivity contribution < 1.29 is 14.3 Å². The van der Waals surface area contributed by atoms with Gasteiger partial charge in [0.15, 0.2) is 0 Å². The Kier molecular flexibility index (Phi) is 6.76. The Hall–Kier alpha value is -1.88. The van der Waals surface area contributed by atoms with Crippen molar-refractivity contribution in [3.8, 4) is 0 Å². The molecule has 5 nitrogen and oxygen atoms in total. The number of hydrogen-bond acceptors (Lipinski definition) is 3. The summed E-state index contributed by atoms with van der Waals surface area (Å²) in [6, 6.07) is 7.71. The number of nitrogens with zero attached hydrogens (tertiary/aromatic N) is 1. The van der Waals surface area contributed by atoms with E-state index in [-0.39, 0.29) is 17.7 Å². The van der Waals surface area contributed by atoms with E-state index in [0.29, 0.717) is 31.2 Å². The zero-order chi connectivity index (χ0) is 20.1. The normalized spacial score (nSPS) is 21.1. The van der Waals surface area contributed by atoms with Crippen LogP contribution in [0.2, 0.25) is 0 Å². The van der Waals surface area contributed by atoms with Gasteiger partial charge in [-0.25, -0.2) is 0 Å². The first-order chi connectivity index (χ1) is 13.5. The van der Waals surface area contributed by atoms with Gasteiger partial charge in [-0.3, -0.25) is 9.59 Å². The van der Waals surface area contributed by atoms with Gasteiger partial charge >= 0.3 is 0 Å². The Morgan fingerprint density at radius 3 is 2.64 bits per heavy atom. The minimum atomic E-state index is -0.403. The van der Waals surface area contributed by atoms with Gasteiger partial charge in [0.1, 0.15) is 0 Å². The number of amides is 2. The first kappa shape index (κ1) is 20.8. The molecule has 1 unspecified atom stereocenters. The highest BCUT2D eigenvalue weighted by molar-refractivity contribution is 6.02. The minimum absolute atomic E-state index is 0.0479. The number of benzene rings is 1. The fourth-order valence-corrected chi connectivity index (χ4v) is 5.00. The van der Waals surface area contributed by atoms with Gasteiger partial charge in [-0.05, 0) is 36.8 Å². The van der Waals surface area contributed by atoms with Crippen LogP contribution in [0.15, 0.2) is 24.3 Å². The lowest BCUT2D eigenvalue weighted by Crippen LogP contribution is -2.63. The Labute approximate surface area is 168 Å². The molecule has 1 aromatic carbocycles. The molecule has 2 amide bonds. The average Bonchev–Trinajstić information content (AvgIpc) is 2.69. The summed E-state index contributed by atoms with van der Waals surface area (Å²) >= 11 is 0. The van der Waals surface area contributed by atoms with Crippen molar-refractivity contribution in [2.24, 2.45) is 5.92 Å². The van der Waals surface area contributed by atoms with Crippen LogP contribution in [0.25, 0.3) is 0 Å². The van der Waals surface area contributed by atoms with Crippen LogP contribution in [0.3, 0.4) is 0 Å². The van der Waals surface area contributed by atoms with Crippen LogP contribution in [0.5, 0.6) is 0 Å². The molecule has 0 radical (unpaired) electrons. The molecule has 1 aliphatic heterocycles. The standard InChI is InChI=1S/C23H34N2O3/c1-17(2)16-25-22(27)19-11-6-5-10-18(19)20(21(26)24-14-9-15-28-3)23(25)12-7-4-8-13-23/h5-6,10-11,17,20H,4,7-9,12-16H2,1-3H3,(H,24,26). The van der Waals surface area contributed by atoms with Crippen LogP contribution >= 0.6 is 0 Å². The number of methoxy groups -OCH3 is 1. The third-order valence-corrected chi connectivity index (χ3v) is 6.18. The SMILES string of the molecule is COCCCNC(=O)C1c2ccccc2C(=O)N(CC(C)C)C12CCCCC2. The quantitative estimate of drug-likeness (QED) is 0.726.